The van der Waals surface area contributed by atoms with Gasteiger partial charge in [-0.1, -0.05) is 30.3 Å². The molecule has 2 N–H and O–H groups in total. The van der Waals surface area contributed by atoms with E-state index in [1.165, 1.54) is 6.92 Å². The lowest BCUT2D eigenvalue weighted by Crippen LogP contribution is -2.44. The monoisotopic (exact) mass is 347 g/mol. The van der Waals surface area contributed by atoms with E-state index in [2.05, 4.69) is 5.32 Å². The van der Waals surface area contributed by atoms with E-state index in [9.17, 15) is 23.5 Å². The summed E-state index contributed by atoms with van der Waals surface area (Å²) in [5.74, 6) is -2.63. The molecule has 0 bridgehead atoms. The molecule has 0 saturated heterocycles. The van der Waals surface area contributed by atoms with Gasteiger partial charge in [0.25, 0.3) is 0 Å². The van der Waals surface area contributed by atoms with Crippen molar-refractivity contribution in [1.82, 2.24) is 5.32 Å². The second-order valence-corrected chi connectivity index (χ2v) is 6.02. The average molecular weight is 347 g/mol. The Hall–Kier alpha value is -2.76. The second kappa shape index (κ2) is 7.88. The van der Waals surface area contributed by atoms with E-state index in [-0.39, 0.29) is 24.9 Å². The zero-order chi connectivity index (χ0) is 18.4. The van der Waals surface area contributed by atoms with Crippen molar-refractivity contribution in [3.05, 3.63) is 71.3 Å². The Morgan fingerprint density at radius 3 is 2.44 bits per heavy atom. The maximum Gasteiger partial charge on any atom is 0.315 e. The summed E-state index contributed by atoms with van der Waals surface area (Å²) in [5.41, 5.74) is -0.598. The van der Waals surface area contributed by atoms with E-state index in [0.717, 1.165) is 18.2 Å². The van der Waals surface area contributed by atoms with Gasteiger partial charge in [-0.05, 0) is 42.7 Å². The normalized spacial score (nSPS) is 13.1. The molecule has 25 heavy (non-hydrogen) atoms. The molecule has 132 valence electrons. The molecule has 1 amide bonds. The average Bonchev–Trinajstić information content (AvgIpc) is 2.61. The fraction of sp³-hybridized carbons (Fsp3) is 0.263. The number of hydrogen-bond acceptors (Lipinski definition) is 2. The molecule has 2 aromatic rings. The fourth-order valence-electron chi connectivity index (χ4n) is 2.45. The summed E-state index contributed by atoms with van der Waals surface area (Å²) < 4.78 is 26.7. The molecule has 1 unspecified atom stereocenters. The minimum atomic E-state index is -1.28. The first-order chi connectivity index (χ1) is 11.8. The zero-order valence-electron chi connectivity index (χ0n) is 13.8. The van der Waals surface area contributed by atoms with E-state index in [1.807, 2.05) is 0 Å². The third-order valence-corrected chi connectivity index (χ3v) is 4.15. The quantitative estimate of drug-likeness (QED) is 0.809. The molecule has 6 heteroatoms. The Labute approximate surface area is 144 Å². The van der Waals surface area contributed by atoms with Crippen molar-refractivity contribution < 1.29 is 23.5 Å². The summed E-state index contributed by atoms with van der Waals surface area (Å²) in [7, 11) is 0. The van der Waals surface area contributed by atoms with Crippen LogP contribution in [0.1, 0.15) is 24.5 Å². The van der Waals surface area contributed by atoms with Crippen molar-refractivity contribution in [3.8, 4) is 0 Å². The first-order valence-corrected chi connectivity index (χ1v) is 7.82. The van der Waals surface area contributed by atoms with Gasteiger partial charge in [-0.15, -0.1) is 0 Å². The smallest absolute Gasteiger partial charge is 0.315 e. The highest BCUT2D eigenvalue weighted by Crippen LogP contribution is 2.23. The van der Waals surface area contributed by atoms with E-state index in [1.54, 1.807) is 30.3 Å². The first kappa shape index (κ1) is 18.6. The molecule has 0 heterocycles. The van der Waals surface area contributed by atoms with Crippen molar-refractivity contribution >= 4 is 11.9 Å². The highest BCUT2D eigenvalue weighted by Gasteiger charge is 2.35. The van der Waals surface area contributed by atoms with Crippen LogP contribution < -0.4 is 5.32 Å². The number of carboxylic acid groups (broad SMARTS) is 1. The number of carboxylic acids is 1. The first-order valence-electron chi connectivity index (χ1n) is 7.82. The van der Waals surface area contributed by atoms with Gasteiger partial charge in [-0.25, -0.2) is 8.78 Å². The van der Waals surface area contributed by atoms with Gasteiger partial charge in [-0.3, -0.25) is 9.59 Å². The van der Waals surface area contributed by atoms with Crippen LogP contribution >= 0.6 is 0 Å². The van der Waals surface area contributed by atoms with Crippen LogP contribution in [0, 0.1) is 11.6 Å². The number of aryl methyl sites for hydroxylation is 1. The molecule has 0 aliphatic heterocycles. The minimum absolute atomic E-state index is 0.0323. The summed E-state index contributed by atoms with van der Waals surface area (Å²) in [5, 5.41) is 12.1. The number of rotatable bonds is 7. The SMILES string of the molecule is CC(CNC(=O)CCc1cc(F)ccc1F)(C(=O)O)c1ccccc1. The lowest BCUT2D eigenvalue weighted by atomic mass is 9.82. The minimum Gasteiger partial charge on any atom is -0.481 e. The number of carbonyl (C=O) groups excluding carboxylic acids is 1. The third-order valence-electron chi connectivity index (χ3n) is 4.15. The molecule has 0 spiro atoms. The Morgan fingerprint density at radius 2 is 1.80 bits per heavy atom. The molecule has 0 aliphatic rings. The molecule has 4 nitrogen and oxygen atoms in total. The van der Waals surface area contributed by atoms with Crippen LogP contribution in [-0.4, -0.2) is 23.5 Å². The van der Waals surface area contributed by atoms with Crippen molar-refractivity contribution in [2.24, 2.45) is 0 Å². The van der Waals surface area contributed by atoms with Crippen LogP contribution in [0.3, 0.4) is 0 Å². The van der Waals surface area contributed by atoms with Gasteiger partial charge in [0.2, 0.25) is 5.91 Å². The van der Waals surface area contributed by atoms with Crippen molar-refractivity contribution in [1.29, 1.82) is 0 Å². The summed E-state index contributed by atoms with van der Waals surface area (Å²) >= 11 is 0. The molecule has 0 fully saturated rings. The van der Waals surface area contributed by atoms with Gasteiger partial charge in [-0.2, -0.15) is 0 Å². The number of carbonyl (C=O) groups is 2. The zero-order valence-corrected chi connectivity index (χ0v) is 13.8. The molecule has 0 aromatic heterocycles. The molecule has 0 saturated carbocycles. The molecule has 0 radical (unpaired) electrons. The lowest BCUT2D eigenvalue weighted by Gasteiger charge is -2.25. The number of benzene rings is 2. The largest absolute Gasteiger partial charge is 0.481 e. The van der Waals surface area contributed by atoms with E-state index < -0.39 is 28.9 Å². The van der Waals surface area contributed by atoms with Crippen LogP contribution in [0.25, 0.3) is 0 Å². The second-order valence-electron chi connectivity index (χ2n) is 6.02. The van der Waals surface area contributed by atoms with Crippen molar-refractivity contribution in [2.45, 2.75) is 25.2 Å². The number of nitrogens with one attached hydrogen (secondary N) is 1. The third kappa shape index (κ3) is 4.62. The van der Waals surface area contributed by atoms with Crippen LogP contribution in [-0.2, 0) is 21.4 Å². The fourth-order valence-corrected chi connectivity index (χ4v) is 2.45. The van der Waals surface area contributed by atoms with Crippen LogP contribution in [0.15, 0.2) is 48.5 Å². The van der Waals surface area contributed by atoms with Gasteiger partial charge in [0, 0.05) is 13.0 Å². The maximum atomic E-state index is 13.5. The number of aliphatic carboxylic acids is 1. The topological polar surface area (TPSA) is 66.4 Å². The predicted molar refractivity (Wildman–Crippen MR) is 89.1 cm³/mol. The summed E-state index contributed by atoms with van der Waals surface area (Å²) in [4.78, 5) is 23.6. The highest BCUT2D eigenvalue weighted by atomic mass is 19.1. The van der Waals surface area contributed by atoms with Gasteiger partial charge in [0.1, 0.15) is 17.0 Å². The molecular formula is C19H19F2NO3. The lowest BCUT2D eigenvalue weighted by molar-refractivity contribution is -0.143. The Balaban J connectivity index is 1.98. The molecule has 1 atom stereocenters. The molecule has 0 aliphatic carbocycles. The predicted octanol–water partition coefficient (Wildman–Crippen LogP) is 3.06. The van der Waals surface area contributed by atoms with Gasteiger partial charge in [0.05, 0.1) is 0 Å². The Bertz CT molecular complexity index is 765. The summed E-state index contributed by atoms with van der Waals surface area (Å²) in [6.45, 7) is 1.42. The maximum absolute atomic E-state index is 13.5. The van der Waals surface area contributed by atoms with Crippen LogP contribution in [0.5, 0.6) is 0 Å². The van der Waals surface area contributed by atoms with Crippen molar-refractivity contribution in [2.75, 3.05) is 6.54 Å². The Kier molecular flexibility index (Phi) is 5.85. The number of hydrogen-bond donors (Lipinski definition) is 2. The Morgan fingerprint density at radius 1 is 1.12 bits per heavy atom. The van der Waals surface area contributed by atoms with Crippen molar-refractivity contribution in [3.63, 3.8) is 0 Å². The standard InChI is InChI=1S/C19H19F2NO3/c1-19(18(24)25,14-5-3-2-4-6-14)12-22-17(23)10-7-13-11-15(20)8-9-16(13)21/h2-6,8-9,11H,7,10,12H2,1H3,(H,22,23)(H,24,25). The summed E-state index contributed by atoms with van der Waals surface area (Å²) in [6, 6.07) is 11.7. The molecule has 2 rings (SSSR count). The van der Waals surface area contributed by atoms with E-state index in [4.69, 9.17) is 0 Å². The molecule has 2 aromatic carbocycles. The number of halogens is 2. The van der Waals surface area contributed by atoms with Gasteiger partial charge in [0.15, 0.2) is 0 Å². The van der Waals surface area contributed by atoms with Crippen LogP contribution in [0.4, 0.5) is 8.78 Å². The van der Waals surface area contributed by atoms with E-state index in [0.29, 0.717) is 5.56 Å². The summed E-state index contributed by atoms with van der Waals surface area (Å²) in [6.07, 6.45) is -0.0323. The van der Waals surface area contributed by atoms with Gasteiger partial charge >= 0.3 is 5.97 Å². The van der Waals surface area contributed by atoms with Gasteiger partial charge < -0.3 is 10.4 Å². The van der Waals surface area contributed by atoms with E-state index >= 15 is 0 Å². The number of amides is 1. The van der Waals surface area contributed by atoms with Crippen LogP contribution in [0.2, 0.25) is 0 Å². The highest BCUT2D eigenvalue weighted by molar-refractivity contribution is 5.83. The molecular weight excluding hydrogens is 328 g/mol.